The Labute approximate surface area is 119 Å². The maximum absolute atomic E-state index is 12.1. The molecule has 0 aliphatic rings. The van der Waals surface area contributed by atoms with E-state index in [1.165, 1.54) is 0 Å². The Morgan fingerprint density at radius 2 is 1.55 bits per heavy atom. The first-order valence-electron chi connectivity index (χ1n) is 6.31. The molecule has 0 heterocycles. The summed E-state index contributed by atoms with van der Waals surface area (Å²) in [5.74, 6) is -0.546. The Kier molecular flexibility index (Phi) is 4.31. The van der Waals surface area contributed by atoms with Crippen molar-refractivity contribution in [3.8, 4) is 0 Å². The van der Waals surface area contributed by atoms with Gasteiger partial charge in [0.25, 0.3) is 0 Å². The summed E-state index contributed by atoms with van der Waals surface area (Å²) in [4.78, 5) is 12.1. The molecule has 0 fully saturated rings. The van der Waals surface area contributed by atoms with Crippen molar-refractivity contribution >= 4 is 19.3 Å². The topological polar surface area (TPSA) is 43.4 Å². The lowest BCUT2D eigenvalue weighted by Gasteiger charge is -2.05. The smallest absolute Gasteiger partial charge is 0.241 e. The Balaban J connectivity index is 2.21. The molecule has 2 aromatic carbocycles. The van der Waals surface area contributed by atoms with Crippen LogP contribution in [-0.2, 0) is 9.09 Å². The van der Waals surface area contributed by atoms with Crippen LogP contribution < -0.4 is 5.30 Å². The molecule has 0 spiro atoms. The minimum Gasteiger partial charge on any atom is -0.241 e. The molecule has 2 rings (SSSR count). The number of hydrogen-bond donors (Lipinski definition) is 0. The van der Waals surface area contributed by atoms with Gasteiger partial charge >= 0.3 is 14.0 Å². The lowest BCUT2D eigenvalue weighted by Crippen LogP contribution is -2.07. The molecule has 0 aliphatic heterocycles. The van der Waals surface area contributed by atoms with E-state index < -0.39 is 14.0 Å². The lowest BCUT2D eigenvalue weighted by atomic mass is 10.0. The fourth-order valence-corrected chi connectivity index (χ4v) is 2.68. The van der Waals surface area contributed by atoms with Gasteiger partial charge in [-0.15, -0.1) is 0 Å². The summed E-state index contributed by atoms with van der Waals surface area (Å²) in [5, 5.41) is 0.511. The highest BCUT2D eigenvalue weighted by atomic mass is 31.1. The van der Waals surface area contributed by atoms with Crippen LogP contribution in [0, 0.1) is 20.8 Å². The van der Waals surface area contributed by atoms with Crippen molar-refractivity contribution in [1.82, 2.24) is 0 Å². The van der Waals surface area contributed by atoms with Crippen LogP contribution in [0.3, 0.4) is 0 Å². The molecule has 0 saturated carbocycles. The molecule has 0 radical (unpaired) electrons. The van der Waals surface area contributed by atoms with Crippen molar-refractivity contribution in [3.05, 3.63) is 64.7 Å². The molecular weight excluding hydrogens is 271 g/mol. The third-order valence-corrected chi connectivity index (χ3v) is 4.24. The second-order valence-electron chi connectivity index (χ2n) is 4.72. The van der Waals surface area contributed by atoms with Crippen LogP contribution >= 0.6 is 8.03 Å². The zero-order valence-electron chi connectivity index (χ0n) is 11.7. The first-order valence-corrected chi connectivity index (χ1v) is 7.49. The summed E-state index contributed by atoms with van der Waals surface area (Å²) in [6, 6.07) is 12.4. The number of rotatable bonds is 3. The first-order chi connectivity index (χ1) is 9.49. The quantitative estimate of drug-likeness (QED) is 0.806. The maximum atomic E-state index is 12.1. The highest BCUT2D eigenvalue weighted by Crippen LogP contribution is 2.25. The van der Waals surface area contributed by atoms with Gasteiger partial charge in [-0.05, 0) is 60.2 Å². The van der Waals surface area contributed by atoms with Crippen LogP contribution in [0.5, 0.6) is 0 Å². The maximum Gasteiger partial charge on any atom is 0.600 e. The minimum atomic E-state index is -2.17. The molecule has 0 saturated heterocycles. The molecule has 0 N–H and O–H groups in total. The number of carbonyl (C=O) groups is 1. The largest absolute Gasteiger partial charge is 0.600 e. The van der Waals surface area contributed by atoms with E-state index in [9.17, 15) is 9.36 Å². The van der Waals surface area contributed by atoms with E-state index in [1.807, 2.05) is 32.9 Å². The van der Waals surface area contributed by atoms with E-state index in [1.54, 1.807) is 30.3 Å². The molecule has 2 aromatic rings. The molecule has 20 heavy (non-hydrogen) atoms. The SMILES string of the molecule is Cc1cc(C)c(C(=O)O[P+](=O)c2ccccc2)cc1C. The molecule has 0 aromatic heterocycles. The predicted octanol–water partition coefficient (Wildman–Crippen LogP) is 3.84. The Hall–Kier alpha value is -1.99. The van der Waals surface area contributed by atoms with Gasteiger partial charge in [0.2, 0.25) is 5.30 Å². The van der Waals surface area contributed by atoms with Crippen LogP contribution in [0.25, 0.3) is 0 Å². The Morgan fingerprint density at radius 1 is 0.950 bits per heavy atom. The molecule has 1 atom stereocenters. The average molecular weight is 287 g/mol. The van der Waals surface area contributed by atoms with Crippen LogP contribution in [0.1, 0.15) is 27.0 Å². The molecule has 0 aliphatic carbocycles. The van der Waals surface area contributed by atoms with Crippen LogP contribution in [0.2, 0.25) is 0 Å². The van der Waals surface area contributed by atoms with Crippen molar-refractivity contribution in [1.29, 1.82) is 0 Å². The van der Waals surface area contributed by atoms with Gasteiger partial charge in [-0.1, -0.05) is 24.3 Å². The number of aryl methyl sites for hydroxylation is 3. The zero-order valence-corrected chi connectivity index (χ0v) is 12.6. The third-order valence-electron chi connectivity index (χ3n) is 3.19. The van der Waals surface area contributed by atoms with Crippen molar-refractivity contribution < 1.29 is 13.9 Å². The van der Waals surface area contributed by atoms with Crippen LogP contribution in [0.15, 0.2) is 42.5 Å². The standard InChI is InChI=1S/C16H16O3P/c1-11-9-13(3)15(10-12(11)2)16(17)19-20(18)14-7-5-4-6-8-14/h4-10H,1-3H3/q+1. The number of hydrogen-bond acceptors (Lipinski definition) is 3. The summed E-state index contributed by atoms with van der Waals surface area (Å²) < 4.78 is 17.1. The summed E-state index contributed by atoms with van der Waals surface area (Å²) in [7, 11) is -2.17. The normalized spacial score (nSPS) is 11.1. The lowest BCUT2D eigenvalue weighted by molar-refractivity contribution is 0.0751. The van der Waals surface area contributed by atoms with Gasteiger partial charge in [-0.25, -0.2) is 9.32 Å². The van der Waals surface area contributed by atoms with Crippen molar-refractivity contribution in [2.24, 2.45) is 0 Å². The molecule has 1 unspecified atom stereocenters. The van der Waals surface area contributed by atoms with Gasteiger partial charge < -0.3 is 0 Å². The third kappa shape index (κ3) is 3.12. The summed E-state index contributed by atoms with van der Waals surface area (Å²) in [6.07, 6.45) is 0. The second-order valence-corrected chi connectivity index (χ2v) is 5.94. The molecule has 0 bridgehead atoms. The molecular formula is C16H16O3P+. The highest BCUT2D eigenvalue weighted by Gasteiger charge is 2.28. The van der Waals surface area contributed by atoms with E-state index >= 15 is 0 Å². The number of carbonyl (C=O) groups excluding carboxylic acids is 1. The van der Waals surface area contributed by atoms with Gasteiger partial charge in [0, 0.05) is 0 Å². The zero-order chi connectivity index (χ0) is 14.7. The molecule has 102 valence electrons. The van der Waals surface area contributed by atoms with Gasteiger partial charge in [0.15, 0.2) is 0 Å². The van der Waals surface area contributed by atoms with Crippen LogP contribution in [-0.4, -0.2) is 5.97 Å². The summed E-state index contributed by atoms with van der Waals surface area (Å²) in [6.45, 7) is 5.77. The predicted molar refractivity (Wildman–Crippen MR) is 79.8 cm³/mol. The van der Waals surface area contributed by atoms with Gasteiger partial charge in [-0.2, -0.15) is 0 Å². The molecule has 0 amide bonds. The minimum absolute atomic E-state index is 0.465. The van der Waals surface area contributed by atoms with E-state index in [0.717, 1.165) is 16.7 Å². The van der Waals surface area contributed by atoms with Crippen molar-refractivity contribution in [2.45, 2.75) is 20.8 Å². The first kappa shape index (κ1) is 14.4. The molecule has 4 heteroatoms. The Bertz CT molecular complexity index is 663. The monoisotopic (exact) mass is 287 g/mol. The van der Waals surface area contributed by atoms with E-state index in [-0.39, 0.29) is 0 Å². The highest BCUT2D eigenvalue weighted by molar-refractivity contribution is 7.49. The van der Waals surface area contributed by atoms with Crippen LogP contribution in [0.4, 0.5) is 0 Å². The van der Waals surface area contributed by atoms with Gasteiger partial charge in [0.1, 0.15) is 0 Å². The fourth-order valence-electron chi connectivity index (χ4n) is 1.91. The second kappa shape index (κ2) is 5.98. The summed E-state index contributed by atoms with van der Waals surface area (Å²) in [5.41, 5.74) is 3.42. The van der Waals surface area contributed by atoms with Crippen molar-refractivity contribution in [3.63, 3.8) is 0 Å². The van der Waals surface area contributed by atoms with E-state index in [2.05, 4.69) is 0 Å². The Morgan fingerprint density at radius 3 is 2.20 bits per heavy atom. The van der Waals surface area contributed by atoms with E-state index in [4.69, 9.17) is 4.52 Å². The fraction of sp³-hybridized carbons (Fsp3) is 0.188. The van der Waals surface area contributed by atoms with E-state index in [0.29, 0.717) is 10.9 Å². The number of benzene rings is 2. The average Bonchev–Trinajstić information content (AvgIpc) is 2.43. The summed E-state index contributed by atoms with van der Waals surface area (Å²) >= 11 is 0. The molecule has 3 nitrogen and oxygen atoms in total. The van der Waals surface area contributed by atoms with Gasteiger partial charge in [0.05, 0.1) is 5.56 Å². The van der Waals surface area contributed by atoms with Crippen molar-refractivity contribution in [2.75, 3.05) is 0 Å². The van der Waals surface area contributed by atoms with Gasteiger partial charge in [-0.3, -0.25) is 0 Å².